The SMILES string of the molecule is Cc1ncc(-c2ccc3nc(NC(=O)COCc4ccccc4)cn3n2)cc1C(=O)NCc1cc(OC(F)(F)F)ccc1F. The Labute approximate surface area is 247 Å². The van der Waals surface area contributed by atoms with Crippen LogP contribution in [-0.4, -0.2) is 44.4 Å². The molecule has 10 nitrogen and oxygen atoms in total. The van der Waals surface area contributed by atoms with Gasteiger partial charge in [-0.05, 0) is 48.9 Å². The molecule has 226 valence electrons. The Morgan fingerprint density at radius 1 is 1.02 bits per heavy atom. The summed E-state index contributed by atoms with van der Waals surface area (Å²) in [6, 6.07) is 16.8. The summed E-state index contributed by atoms with van der Waals surface area (Å²) in [7, 11) is 0. The summed E-state index contributed by atoms with van der Waals surface area (Å²) in [4.78, 5) is 33.9. The fraction of sp³-hybridized carbons (Fsp3) is 0.167. The Hall–Kier alpha value is -5.37. The highest BCUT2D eigenvalue weighted by atomic mass is 19.4. The first-order valence-electron chi connectivity index (χ1n) is 13.1. The van der Waals surface area contributed by atoms with Crippen LogP contribution in [0.2, 0.25) is 0 Å². The third kappa shape index (κ3) is 7.72. The minimum Gasteiger partial charge on any atom is -0.406 e. The van der Waals surface area contributed by atoms with Gasteiger partial charge in [-0.1, -0.05) is 30.3 Å². The second-order valence-electron chi connectivity index (χ2n) is 9.51. The number of imidazole rings is 1. The topological polar surface area (TPSA) is 120 Å². The average molecular weight is 609 g/mol. The van der Waals surface area contributed by atoms with Crippen molar-refractivity contribution in [2.75, 3.05) is 11.9 Å². The van der Waals surface area contributed by atoms with E-state index in [0.29, 0.717) is 22.6 Å². The molecule has 5 rings (SSSR count). The van der Waals surface area contributed by atoms with Gasteiger partial charge in [0.1, 0.15) is 18.2 Å². The van der Waals surface area contributed by atoms with Crippen molar-refractivity contribution >= 4 is 23.3 Å². The molecular weight excluding hydrogens is 584 g/mol. The first kappa shape index (κ1) is 30.1. The Bertz CT molecular complexity index is 1810. The van der Waals surface area contributed by atoms with Crippen LogP contribution in [0.5, 0.6) is 5.75 Å². The van der Waals surface area contributed by atoms with Gasteiger partial charge in [0.25, 0.3) is 11.8 Å². The van der Waals surface area contributed by atoms with Crippen LogP contribution >= 0.6 is 0 Å². The summed E-state index contributed by atoms with van der Waals surface area (Å²) in [6.07, 6.45) is -1.90. The van der Waals surface area contributed by atoms with Crippen molar-refractivity contribution in [3.63, 3.8) is 0 Å². The van der Waals surface area contributed by atoms with Gasteiger partial charge < -0.3 is 20.1 Å². The molecule has 3 aromatic heterocycles. The van der Waals surface area contributed by atoms with E-state index in [0.717, 1.165) is 23.8 Å². The van der Waals surface area contributed by atoms with Crippen LogP contribution in [0, 0.1) is 12.7 Å². The van der Waals surface area contributed by atoms with Gasteiger partial charge in [-0.3, -0.25) is 14.6 Å². The minimum absolute atomic E-state index is 0.154. The number of hydrogen-bond donors (Lipinski definition) is 2. The third-order valence-corrected chi connectivity index (χ3v) is 6.25. The van der Waals surface area contributed by atoms with Gasteiger partial charge in [0.2, 0.25) is 0 Å². The van der Waals surface area contributed by atoms with Crippen molar-refractivity contribution in [1.82, 2.24) is 24.9 Å². The quantitative estimate of drug-likeness (QED) is 0.209. The zero-order valence-electron chi connectivity index (χ0n) is 23.1. The van der Waals surface area contributed by atoms with Gasteiger partial charge in [-0.15, -0.1) is 13.2 Å². The Balaban J connectivity index is 1.24. The molecular formula is C30H24F4N6O4. The number of nitrogens with one attached hydrogen (secondary N) is 2. The number of nitrogens with zero attached hydrogens (tertiary/aromatic N) is 4. The molecule has 2 aromatic carbocycles. The van der Waals surface area contributed by atoms with Crippen molar-refractivity contribution in [2.45, 2.75) is 26.4 Å². The molecule has 0 radical (unpaired) electrons. The molecule has 0 aliphatic carbocycles. The molecule has 0 atom stereocenters. The summed E-state index contributed by atoms with van der Waals surface area (Å²) in [5, 5.41) is 9.66. The van der Waals surface area contributed by atoms with Crippen LogP contribution in [-0.2, 0) is 22.7 Å². The molecule has 0 saturated heterocycles. The van der Waals surface area contributed by atoms with Crippen LogP contribution < -0.4 is 15.4 Å². The van der Waals surface area contributed by atoms with Crippen molar-refractivity contribution < 1.29 is 36.6 Å². The lowest BCUT2D eigenvalue weighted by Crippen LogP contribution is -2.25. The van der Waals surface area contributed by atoms with E-state index in [4.69, 9.17) is 4.74 Å². The van der Waals surface area contributed by atoms with Crippen LogP contribution in [0.4, 0.5) is 23.4 Å². The molecule has 3 heterocycles. The Morgan fingerprint density at radius 2 is 1.82 bits per heavy atom. The molecule has 0 saturated carbocycles. The number of aryl methyl sites for hydroxylation is 1. The second-order valence-corrected chi connectivity index (χ2v) is 9.51. The molecule has 5 aromatic rings. The van der Waals surface area contributed by atoms with Gasteiger partial charge in [-0.2, -0.15) is 5.10 Å². The number of fused-ring (bicyclic) bond motifs is 1. The molecule has 0 fully saturated rings. The first-order valence-corrected chi connectivity index (χ1v) is 13.1. The zero-order chi connectivity index (χ0) is 31.3. The number of pyridine rings is 1. The van der Waals surface area contributed by atoms with E-state index in [2.05, 4.69) is 30.4 Å². The van der Waals surface area contributed by atoms with Gasteiger partial charge >= 0.3 is 6.36 Å². The number of ether oxygens (including phenoxy) is 2. The number of benzene rings is 2. The maximum absolute atomic E-state index is 14.2. The van der Waals surface area contributed by atoms with E-state index in [1.165, 1.54) is 23.0 Å². The van der Waals surface area contributed by atoms with Gasteiger partial charge in [0, 0.05) is 23.9 Å². The molecule has 0 aliphatic rings. The molecule has 14 heteroatoms. The van der Waals surface area contributed by atoms with Gasteiger partial charge in [0.05, 0.1) is 29.8 Å². The predicted octanol–water partition coefficient (Wildman–Crippen LogP) is 5.22. The van der Waals surface area contributed by atoms with Gasteiger partial charge in [-0.25, -0.2) is 13.9 Å². The van der Waals surface area contributed by atoms with E-state index < -0.39 is 30.4 Å². The number of carbonyl (C=O) groups is 2. The number of aromatic nitrogens is 4. The smallest absolute Gasteiger partial charge is 0.406 e. The number of alkyl halides is 3. The number of anilines is 1. The molecule has 2 N–H and O–H groups in total. The lowest BCUT2D eigenvalue weighted by molar-refractivity contribution is -0.274. The lowest BCUT2D eigenvalue weighted by Gasteiger charge is -2.12. The summed E-state index contributed by atoms with van der Waals surface area (Å²) in [6.45, 7) is 1.33. The number of rotatable bonds is 10. The van der Waals surface area contributed by atoms with Crippen molar-refractivity contribution in [2.24, 2.45) is 0 Å². The van der Waals surface area contributed by atoms with E-state index in [9.17, 15) is 27.2 Å². The highest BCUT2D eigenvalue weighted by Gasteiger charge is 2.31. The summed E-state index contributed by atoms with van der Waals surface area (Å²) >= 11 is 0. The van der Waals surface area contributed by atoms with Crippen molar-refractivity contribution in [3.05, 3.63) is 107 Å². The zero-order valence-corrected chi connectivity index (χ0v) is 23.1. The fourth-order valence-electron chi connectivity index (χ4n) is 4.17. The minimum atomic E-state index is -4.94. The van der Waals surface area contributed by atoms with Crippen LogP contribution in [0.1, 0.15) is 27.2 Å². The van der Waals surface area contributed by atoms with E-state index in [-0.39, 0.29) is 36.1 Å². The van der Waals surface area contributed by atoms with Crippen molar-refractivity contribution in [3.8, 4) is 17.0 Å². The number of halogens is 4. The Morgan fingerprint density at radius 3 is 2.59 bits per heavy atom. The second kappa shape index (κ2) is 12.9. The predicted molar refractivity (Wildman–Crippen MR) is 150 cm³/mol. The van der Waals surface area contributed by atoms with E-state index >= 15 is 0 Å². The maximum Gasteiger partial charge on any atom is 0.573 e. The number of hydrogen-bond acceptors (Lipinski definition) is 7. The molecule has 0 bridgehead atoms. The normalized spacial score (nSPS) is 11.4. The lowest BCUT2D eigenvalue weighted by atomic mass is 10.1. The van der Waals surface area contributed by atoms with E-state index in [1.54, 1.807) is 19.1 Å². The monoisotopic (exact) mass is 608 g/mol. The first-order chi connectivity index (χ1) is 21.0. The standard InChI is InChI=1S/C30H24F4N6O4/c1-18-23(29(42)36-13-20-11-22(7-8-24(20)31)44-30(32,33)34)12-21(14-35-18)25-9-10-27-37-26(15-40(27)39-25)38-28(41)17-43-16-19-5-3-2-4-6-19/h2-12,14-15H,13,16-17H2,1H3,(H,36,42)(H,38,41). The van der Waals surface area contributed by atoms with Crippen molar-refractivity contribution in [1.29, 1.82) is 0 Å². The molecule has 2 amide bonds. The summed E-state index contributed by atoms with van der Waals surface area (Å²) in [5.74, 6) is -2.16. The third-order valence-electron chi connectivity index (χ3n) is 6.25. The largest absolute Gasteiger partial charge is 0.573 e. The number of carbonyl (C=O) groups excluding carboxylic acids is 2. The molecule has 0 spiro atoms. The average Bonchev–Trinajstić information content (AvgIpc) is 3.38. The van der Waals surface area contributed by atoms with Crippen LogP contribution in [0.3, 0.4) is 0 Å². The molecule has 0 aliphatic heterocycles. The van der Waals surface area contributed by atoms with Gasteiger partial charge in [0.15, 0.2) is 11.5 Å². The molecule has 44 heavy (non-hydrogen) atoms. The molecule has 0 unspecified atom stereocenters. The highest BCUT2D eigenvalue weighted by Crippen LogP contribution is 2.25. The fourth-order valence-corrected chi connectivity index (χ4v) is 4.17. The van der Waals surface area contributed by atoms with E-state index in [1.807, 2.05) is 30.3 Å². The number of amides is 2. The highest BCUT2D eigenvalue weighted by molar-refractivity contribution is 5.96. The van der Waals surface area contributed by atoms with Crippen LogP contribution in [0.15, 0.2) is 79.1 Å². The Kier molecular flexibility index (Phi) is 8.81. The summed E-state index contributed by atoms with van der Waals surface area (Å²) in [5.41, 5.74) is 2.62. The van der Waals surface area contributed by atoms with Crippen LogP contribution in [0.25, 0.3) is 16.9 Å². The maximum atomic E-state index is 14.2. The summed E-state index contributed by atoms with van der Waals surface area (Å²) < 4.78 is 62.5.